The van der Waals surface area contributed by atoms with Crippen LogP contribution < -0.4 is 5.73 Å². The Morgan fingerprint density at radius 1 is 1.41 bits per heavy atom. The molecule has 17 heavy (non-hydrogen) atoms. The minimum absolute atomic E-state index is 0.195. The Kier molecular flexibility index (Phi) is 3.35. The molecule has 4 nitrogen and oxygen atoms in total. The van der Waals surface area contributed by atoms with Gasteiger partial charge in [0.05, 0.1) is 6.61 Å². The van der Waals surface area contributed by atoms with Gasteiger partial charge in [0.2, 0.25) is 9.84 Å². The number of halogens is 1. The fraction of sp³-hybridized carbons (Fsp3) is 0.455. The van der Waals surface area contributed by atoms with E-state index >= 15 is 0 Å². The van der Waals surface area contributed by atoms with E-state index in [2.05, 4.69) is 0 Å². The zero-order valence-electron chi connectivity index (χ0n) is 9.23. The fourth-order valence-electron chi connectivity index (χ4n) is 1.44. The third-order valence-electron chi connectivity index (χ3n) is 2.58. The molecule has 0 saturated heterocycles. The van der Waals surface area contributed by atoms with Crippen LogP contribution in [-0.4, -0.2) is 21.0 Å². The zero-order valence-corrected chi connectivity index (χ0v) is 10.0. The Bertz CT molecular complexity index is 511. The third-order valence-corrected chi connectivity index (χ3v) is 4.06. The van der Waals surface area contributed by atoms with Gasteiger partial charge < -0.3 is 10.5 Å². The molecule has 0 aromatic heterocycles. The van der Waals surface area contributed by atoms with Crippen LogP contribution in [0.15, 0.2) is 23.1 Å². The van der Waals surface area contributed by atoms with Gasteiger partial charge in [0, 0.05) is 5.69 Å². The van der Waals surface area contributed by atoms with Crippen molar-refractivity contribution < 1.29 is 17.5 Å². The summed E-state index contributed by atoms with van der Waals surface area (Å²) in [5, 5.41) is 0. The van der Waals surface area contributed by atoms with Gasteiger partial charge in [0.25, 0.3) is 0 Å². The molecule has 0 spiro atoms. The van der Waals surface area contributed by atoms with Crippen molar-refractivity contribution in [2.45, 2.75) is 17.7 Å². The lowest BCUT2D eigenvalue weighted by Crippen LogP contribution is -2.13. The molecular formula is C11H14FNO3S. The molecule has 0 atom stereocenters. The SMILES string of the molecule is Nc1ccc(S(=O)(=O)COCC2CC2)c(F)c1. The molecule has 0 amide bonds. The van der Waals surface area contributed by atoms with Gasteiger partial charge in [0.1, 0.15) is 10.7 Å². The Morgan fingerprint density at radius 2 is 2.12 bits per heavy atom. The maximum Gasteiger partial charge on any atom is 0.205 e. The molecule has 1 aliphatic rings. The highest BCUT2D eigenvalue weighted by Gasteiger charge is 2.24. The van der Waals surface area contributed by atoms with E-state index in [0.717, 1.165) is 18.9 Å². The van der Waals surface area contributed by atoms with Gasteiger partial charge in [-0.25, -0.2) is 12.8 Å². The standard InChI is InChI=1S/C11H14FNO3S/c12-10-5-9(13)3-4-11(10)17(14,15)7-16-6-8-1-2-8/h3-5,8H,1-2,6-7,13H2. The molecule has 1 fully saturated rings. The van der Waals surface area contributed by atoms with Gasteiger partial charge in [-0.2, -0.15) is 0 Å². The summed E-state index contributed by atoms with van der Waals surface area (Å²) in [5.74, 6) is -0.842. The van der Waals surface area contributed by atoms with Crippen LogP contribution in [-0.2, 0) is 14.6 Å². The number of anilines is 1. The Hall–Kier alpha value is -1.14. The van der Waals surface area contributed by atoms with Crippen molar-refractivity contribution in [3.8, 4) is 0 Å². The second-order valence-electron chi connectivity index (χ2n) is 4.24. The molecular weight excluding hydrogens is 245 g/mol. The van der Waals surface area contributed by atoms with Crippen LogP contribution in [0.25, 0.3) is 0 Å². The number of hydrogen-bond donors (Lipinski definition) is 1. The first-order valence-corrected chi connectivity index (χ1v) is 7.00. The van der Waals surface area contributed by atoms with E-state index in [0.29, 0.717) is 12.5 Å². The molecule has 2 rings (SSSR count). The van der Waals surface area contributed by atoms with Gasteiger partial charge in [-0.1, -0.05) is 0 Å². The highest BCUT2D eigenvalue weighted by atomic mass is 32.2. The lowest BCUT2D eigenvalue weighted by Gasteiger charge is -2.07. The number of ether oxygens (including phenoxy) is 1. The second-order valence-corrected chi connectivity index (χ2v) is 6.14. The number of hydrogen-bond acceptors (Lipinski definition) is 4. The number of benzene rings is 1. The zero-order chi connectivity index (χ0) is 12.5. The number of nitrogens with two attached hydrogens (primary N) is 1. The predicted octanol–water partition coefficient (Wildman–Crippen LogP) is 1.57. The van der Waals surface area contributed by atoms with Crippen LogP contribution in [0.1, 0.15) is 12.8 Å². The second kappa shape index (κ2) is 4.62. The largest absolute Gasteiger partial charge is 0.399 e. The van der Waals surface area contributed by atoms with Crippen molar-refractivity contribution in [1.82, 2.24) is 0 Å². The maximum absolute atomic E-state index is 13.4. The van der Waals surface area contributed by atoms with Crippen molar-refractivity contribution in [3.05, 3.63) is 24.0 Å². The van der Waals surface area contributed by atoms with Crippen molar-refractivity contribution in [3.63, 3.8) is 0 Å². The van der Waals surface area contributed by atoms with Gasteiger partial charge in [0.15, 0.2) is 5.94 Å². The third kappa shape index (κ3) is 3.17. The molecule has 0 unspecified atom stereocenters. The lowest BCUT2D eigenvalue weighted by atomic mass is 10.3. The summed E-state index contributed by atoms with van der Waals surface area (Å²) in [7, 11) is -3.73. The topological polar surface area (TPSA) is 69.4 Å². The summed E-state index contributed by atoms with van der Waals surface area (Å²) in [6.45, 7) is 0.426. The van der Waals surface area contributed by atoms with Crippen LogP contribution in [0.3, 0.4) is 0 Å². The Morgan fingerprint density at radius 3 is 2.71 bits per heavy atom. The van der Waals surface area contributed by atoms with Gasteiger partial charge in [-0.15, -0.1) is 0 Å². The quantitative estimate of drug-likeness (QED) is 0.815. The average molecular weight is 259 g/mol. The summed E-state index contributed by atoms with van der Waals surface area (Å²) in [6, 6.07) is 3.52. The van der Waals surface area contributed by atoms with E-state index in [1.165, 1.54) is 12.1 Å². The molecule has 1 aliphatic carbocycles. The predicted molar refractivity (Wildman–Crippen MR) is 61.5 cm³/mol. The molecule has 1 aromatic rings. The van der Waals surface area contributed by atoms with E-state index in [1.807, 2.05) is 0 Å². The fourth-order valence-corrected chi connectivity index (χ4v) is 2.52. The average Bonchev–Trinajstić information content (AvgIpc) is 3.00. The van der Waals surface area contributed by atoms with Crippen LogP contribution in [0.2, 0.25) is 0 Å². The smallest absolute Gasteiger partial charge is 0.205 e. The summed E-state index contributed by atoms with van der Waals surface area (Å²) in [4.78, 5) is -0.359. The number of sulfone groups is 1. The highest BCUT2D eigenvalue weighted by molar-refractivity contribution is 7.91. The Balaban J connectivity index is 2.07. The molecule has 94 valence electrons. The summed E-state index contributed by atoms with van der Waals surface area (Å²) in [5.41, 5.74) is 5.55. The highest BCUT2D eigenvalue weighted by Crippen LogP contribution is 2.29. The van der Waals surface area contributed by atoms with E-state index in [9.17, 15) is 12.8 Å². The minimum atomic E-state index is -3.73. The van der Waals surface area contributed by atoms with Crippen molar-refractivity contribution >= 4 is 15.5 Å². The minimum Gasteiger partial charge on any atom is -0.399 e. The molecule has 0 radical (unpaired) electrons. The maximum atomic E-state index is 13.4. The normalized spacial score (nSPS) is 16.1. The summed E-state index contributed by atoms with van der Waals surface area (Å²) >= 11 is 0. The Labute approximate surface area is 99.5 Å². The molecule has 0 aliphatic heterocycles. The van der Waals surface area contributed by atoms with E-state index in [4.69, 9.17) is 10.5 Å². The van der Waals surface area contributed by atoms with Crippen molar-refractivity contribution in [2.75, 3.05) is 18.3 Å². The molecule has 0 bridgehead atoms. The molecule has 1 aromatic carbocycles. The number of rotatable bonds is 5. The van der Waals surface area contributed by atoms with E-state index < -0.39 is 21.6 Å². The van der Waals surface area contributed by atoms with Crippen molar-refractivity contribution in [2.24, 2.45) is 5.92 Å². The van der Waals surface area contributed by atoms with Crippen LogP contribution in [0.4, 0.5) is 10.1 Å². The van der Waals surface area contributed by atoms with E-state index in [-0.39, 0.29) is 10.6 Å². The molecule has 2 N–H and O–H groups in total. The first kappa shape index (κ1) is 12.3. The monoisotopic (exact) mass is 259 g/mol. The molecule has 1 saturated carbocycles. The summed E-state index contributed by atoms with van der Waals surface area (Å²) < 4.78 is 42.0. The van der Waals surface area contributed by atoms with Gasteiger partial charge in [-0.05, 0) is 37.0 Å². The van der Waals surface area contributed by atoms with Gasteiger partial charge >= 0.3 is 0 Å². The first-order valence-electron chi connectivity index (χ1n) is 5.34. The lowest BCUT2D eigenvalue weighted by molar-refractivity contribution is 0.165. The van der Waals surface area contributed by atoms with Crippen LogP contribution >= 0.6 is 0 Å². The summed E-state index contributed by atoms with van der Waals surface area (Å²) in [6.07, 6.45) is 2.16. The van der Waals surface area contributed by atoms with Gasteiger partial charge in [-0.3, -0.25) is 0 Å². The van der Waals surface area contributed by atoms with E-state index in [1.54, 1.807) is 0 Å². The van der Waals surface area contributed by atoms with Crippen molar-refractivity contribution in [1.29, 1.82) is 0 Å². The molecule has 6 heteroatoms. The first-order chi connectivity index (χ1) is 7.99. The van der Waals surface area contributed by atoms with Crippen LogP contribution in [0, 0.1) is 11.7 Å². The number of nitrogen functional groups attached to an aromatic ring is 1. The molecule has 0 heterocycles. The van der Waals surface area contributed by atoms with Crippen LogP contribution in [0.5, 0.6) is 0 Å².